The van der Waals surface area contributed by atoms with E-state index in [0.717, 1.165) is 62.5 Å². The standard InChI is InChI=1S/C25H29BrF2O2/c1-30-23-13-18(11-21(27)16-23)5-3-2-4-6-22(29)12-17-7-9-19-14-24(26)25(28)15-20(19)10-8-17/h11,13-17H,2-10,12H2,1H3. The van der Waals surface area contributed by atoms with Crippen LogP contribution in [0, 0.1) is 17.6 Å². The Bertz CT molecular complexity index is 849. The molecule has 0 aliphatic heterocycles. The average Bonchev–Trinajstić information content (AvgIpc) is 2.90. The predicted octanol–water partition coefficient (Wildman–Crippen LogP) is 6.99. The van der Waals surface area contributed by atoms with Crippen LogP contribution in [-0.2, 0) is 24.1 Å². The second kappa shape index (κ2) is 11.0. The summed E-state index contributed by atoms with van der Waals surface area (Å²) >= 11 is 3.27. The highest BCUT2D eigenvalue weighted by Crippen LogP contribution is 2.30. The molecule has 0 amide bonds. The van der Waals surface area contributed by atoms with E-state index in [1.165, 1.54) is 18.7 Å². The van der Waals surface area contributed by atoms with Crippen LogP contribution in [0.3, 0.4) is 0 Å². The monoisotopic (exact) mass is 478 g/mol. The van der Waals surface area contributed by atoms with Crippen LogP contribution < -0.4 is 4.74 Å². The molecule has 0 radical (unpaired) electrons. The summed E-state index contributed by atoms with van der Waals surface area (Å²) in [5.41, 5.74) is 3.21. The molecule has 1 unspecified atom stereocenters. The molecule has 1 aliphatic rings. The minimum atomic E-state index is -0.278. The van der Waals surface area contributed by atoms with Crippen LogP contribution in [0.15, 0.2) is 34.8 Å². The quantitative estimate of drug-likeness (QED) is 0.286. The van der Waals surface area contributed by atoms with Crippen LogP contribution in [0.4, 0.5) is 8.78 Å². The number of carbonyl (C=O) groups excluding carboxylic acids is 1. The Morgan fingerprint density at radius 3 is 2.50 bits per heavy atom. The lowest BCUT2D eigenvalue weighted by Gasteiger charge is -2.12. The molecule has 0 saturated heterocycles. The summed E-state index contributed by atoms with van der Waals surface area (Å²) in [5, 5.41) is 0. The van der Waals surface area contributed by atoms with E-state index in [0.29, 0.717) is 34.8 Å². The third kappa shape index (κ3) is 6.63. The fraction of sp³-hybridized carbons (Fsp3) is 0.480. The molecular formula is C25H29BrF2O2. The molecule has 0 heterocycles. The Labute approximate surface area is 186 Å². The summed E-state index contributed by atoms with van der Waals surface area (Å²) in [5.74, 6) is 0.762. The van der Waals surface area contributed by atoms with Gasteiger partial charge in [0.25, 0.3) is 0 Å². The Hall–Kier alpha value is -1.75. The number of methoxy groups -OCH3 is 1. The van der Waals surface area contributed by atoms with Crippen LogP contribution >= 0.6 is 15.9 Å². The Kier molecular flexibility index (Phi) is 8.43. The van der Waals surface area contributed by atoms with Crippen molar-refractivity contribution in [1.82, 2.24) is 0 Å². The van der Waals surface area contributed by atoms with Crippen LogP contribution in [0.5, 0.6) is 5.75 Å². The summed E-state index contributed by atoms with van der Waals surface area (Å²) in [4.78, 5) is 12.4. The minimum absolute atomic E-state index is 0.208. The lowest BCUT2D eigenvalue weighted by atomic mass is 9.92. The van der Waals surface area contributed by atoms with E-state index in [9.17, 15) is 13.6 Å². The molecule has 1 aliphatic carbocycles. The second-order valence-corrected chi connectivity index (χ2v) is 9.14. The number of fused-ring (bicyclic) bond motifs is 1. The molecule has 1 atom stereocenters. The lowest BCUT2D eigenvalue weighted by molar-refractivity contribution is -0.120. The molecule has 0 N–H and O–H groups in total. The van der Waals surface area contributed by atoms with E-state index in [1.807, 2.05) is 12.1 Å². The summed E-state index contributed by atoms with van der Waals surface area (Å²) < 4.78 is 32.9. The highest BCUT2D eigenvalue weighted by molar-refractivity contribution is 9.10. The third-order valence-corrected chi connectivity index (χ3v) is 6.60. The van der Waals surface area contributed by atoms with Gasteiger partial charge in [-0.05, 0) is 108 Å². The zero-order valence-electron chi connectivity index (χ0n) is 17.5. The first-order valence-electron chi connectivity index (χ1n) is 10.8. The van der Waals surface area contributed by atoms with E-state index in [4.69, 9.17) is 4.74 Å². The van der Waals surface area contributed by atoms with Gasteiger partial charge in [0, 0.05) is 18.9 Å². The van der Waals surface area contributed by atoms with Crippen molar-refractivity contribution >= 4 is 21.7 Å². The summed E-state index contributed by atoms with van der Waals surface area (Å²) in [6, 6.07) is 8.31. The lowest BCUT2D eigenvalue weighted by Crippen LogP contribution is -2.09. The number of carbonyl (C=O) groups is 1. The van der Waals surface area contributed by atoms with Gasteiger partial charge >= 0.3 is 0 Å². The molecule has 0 fully saturated rings. The molecule has 0 aromatic heterocycles. The highest BCUT2D eigenvalue weighted by atomic mass is 79.9. The van der Waals surface area contributed by atoms with Gasteiger partial charge in [-0.3, -0.25) is 4.79 Å². The van der Waals surface area contributed by atoms with E-state index in [-0.39, 0.29) is 11.6 Å². The first-order chi connectivity index (χ1) is 14.4. The first kappa shape index (κ1) is 22.9. The molecule has 2 nitrogen and oxygen atoms in total. The van der Waals surface area contributed by atoms with E-state index < -0.39 is 0 Å². The van der Waals surface area contributed by atoms with E-state index >= 15 is 0 Å². The molecule has 3 rings (SSSR count). The normalized spacial score (nSPS) is 16.1. The van der Waals surface area contributed by atoms with Gasteiger partial charge in [0.15, 0.2) is 0 Å². The smallest absolute Gasteiger partial charge is 0.137 e. The first-order valence-corrected chi connectivity index (χ1v) is 11.6. The van der Waals surface area contributed by atoms with Crippen molar-refractivity contribution in [2.75, 3.05) is 7.11 Å². The van der Waals surface area contributed by atoms with Gasteiger partial charge in [0.1, 0.15) is 23.2 Å². The van der Waals surface area contributed by atoms with Crippen molar-refractivity contribution in [1.29, 1.82) is 0 Å². The topological polar surface area (TPSA) is 26.3 Å². The number of rotatable bonds is 9. The number of hydrogen-bond acceptors (Lipinski definition) is 2. The number of Topliss-reactive ketones (excluding diaryl/α,β-unsaturated/α-hetero) is 1. The maximum absolute atomic E-state index is 13.8. The van der Waals surface area contributed by atoms with Gasteiger partial charge in [-0.15, -0.1) is 0 Å². The molecule has 162 valence electrons. The van der Waals surface area contributed by atoms with Crippen molar-refractivity contribution < 1.29 is 18.3 Å². The largest absolute Gasteiger partial charge is 0.497 e. The van der Waals surface area contributed by atoms with Gasteiger partial charge in [-0.2, -0.15) is 0 Å². The molecule has 0 saturated carbocycles. The highest BCUT2D eigenvalue weighted by Gasteiger charge is 2.20. The van der Waals surface area contributed by atoms with E-state index in [1.54, 1.807) is 12.1 Å². The Balaban J connectivity index is 1.37. The Morgan fingerprint density at radius 1 is 1.03 bits per heavy atom. The second-order valence-electron chi connectivity index (χ2n) is 8.28. The van der Waals surface area contributed by atoms with Crippen LogP contribution in [-0.4, -0.2) is 12.9 Å². The van der Waals surface area contributed by atoms with Crippen molar-refractivity contribution in [3.8, 4) is 5.75 Å². The number of ketones is 1. The maximum Gasteiger partial charge on any atom is 0.137 e. The third-order valence-electron chi connectivity index (χ3n) is 5.99. The van der Waals surface area contributed by atoms with Gasteiger partial charge in [0.2, 0.25) is 0 Å². The Morgan fingerprint density at radius 2 is 1.77 bits per heavy atom. The molecule has 2 aromatic carbocycles. The molecule has 5 heteroatoms. The van der Waals surface area contributed by atoms with Gasteiger partial charge in [-0.25, -0.2) is 8.78 Å². The summed E-state index contributed by atoms with van der Waals surface area (Å²) in [6.45, 7) is 0. The fourth-order valence-electron chi connectivity index (χ4n) is 4.30. The van der Waals surface area contributed by atoms with Gasteiger partial charge in [0.05, 0.1) is 11.6 Å². The number of hydrogen-bond donors (Lipinski definition) is 0. The van der Waals surface area contributed by atoms with Gasteiger partial charge < -0.3 is 4.74 Å². The van der Waals surface area contributed by atoms with Crippen molar-refractivity contribution in [3.63, 3.8) is 0 Å². The molecule has 0 bridgehead atoms. The van der Waals surface area contributed by atoms with Crippen LogP contribution in [0.1, 0.15) is 61.6 Å². The van der Waals surface area contributed by atoms with E-state index in [2.05, 4.69) is 15.9 Å². The SMILES string of the molecule is COc1cc(F)cc(CCCCCC(=O)CC2CCc3cc(F)c(Br)cc3CC2)c1. The number of benzene rings is 2. The number of ether oxygens (including phenoxy) is 1. The van der Waals surface area contributed by atoms with Crippen molar-refractivity contribution in [3.05, 3.63) is 63.1 Å². The minimum Gasteiger partial charge on any atom is -0.497 e. The zero-order chi connectivity index (χ0) is 21.5. The molecule has 30 heavy (non-hydrogen) atoms. The molecular weight excluding hydrogens is 450 g/mol. The molecule has 2 aromatic rings. The summed E-state index contributed by atoms with van der Waals surface area (Å²) in [6.07, 6.45) is 8.45. The number of aryl methyl sites for hydroxylation is 3. The zero-order valence-corrected chi connectivity index (χ0v) is 19.1. The van der Waals surface area contributed by atoms with Crippen molar-refractivity contribution in [2.45, 2.75) is 64.2 Å². The fourth-order valence-corrected chi connectivity index (χ4v) is 4.69. The van der Waals surface area contributed by atoms with Gasteiger partial charge in [-0.1, -0.05) is 6.42 Å². The van der Waals surface area contributed by atoms with Crippen LogP contribution in [0.25, 0.3) is 0 Å². The van der Waals surface area contributed by atoms with Crippen molar-refractivity contribution in [2.24, 2.45) is 5.92 Å². The predicted molar refractivity (Wildman–Crippen MR) is 119 cm³/mol. The number of unbranched alkanes of at least 4 members (excludes halogenated alkanes) is 2. The molecule has 0 spiro atoms. The van der Waals surface area contributed by atoms with Crippen LogP contribution in [0.2, 0.25) is 0 Å². The maximum atomic E-state index is 13.8. The average molecular weight is 479 g/mol. The number of halogens is 3. The summed E-state index contributed by atoms with van der Waals surface area (Å²) in [7, 11) is 1.54.